The van der Waals surface area contributed by atoms with Crippen LogP contribution in [0.25, 0.3) is 11.2 Å². The minimum Gasteiger partial charge on any atom is -0.438 e. The van der Waals surface area contributed by atoms with Gasteiger partial charge in [0.25, 0.3) is 0 Å². The zero-order valence-electron chi connectivity index (χ0n) is 9.01. The lowest BCUT2D eigenvalue weighted by Gasteiger charge is -2.05. The molecule has 0 unspecified atom stereocenters. The average molecular weight is 245 g/mol. The zero-order chi connectivity index (χ0) is 12.5. The van der Waals surface area contributed by atoms with Crippen LogP contribution < -0.4 is 5.32 Å². The number of nitrogens with zero attached hydrogens (tertiary/aromatic N) is 2. The van der Waals surface area contributed by atoms with Crippen LogP contribution in [-0.2, 0) is 6.54 Å². The van der Waals surface area contributed by atoms with Crippen molar-refractivity contribution in [2.45, 2.75) is 19.6 Å². The molecule has 92 valence electrons. The Balaban J connectivity index is 2.05. The molecule has 0 radical (unpaired) electrons. The molecule has 2 aromatic heterocycles. The lowest BCUT2D eigenvalue weighted by molar-refractivity contribution is -0.125. The third-order valence-electron chi connectivity index (χ3n) is 2.04. The summed E-state index contributed by atoms with van der Waals surface area (Å²) in [5, 5.41) is 2.21. The van der Waals surface area contributed by atoms with Crippen molar-refractivity contribution in [1.29, 1.82) is 0 Å². The maximum Gasteiger partial charge on any atom is 0.401 e. The van der Waals surface area contributed by atoms with Gasteiger partial charge in [-0.25, -0.2) is 4.98 Å². The van der Waals surface area contributed by atoms with Crippen LogP contribution in [0.2, 0.25) is 0 Å². The average Bonchev–Trinajstić information content (AvgIpc) is 2.57. The SMILES string of the molecule is Cc1ccc2oc(CNCC(F)(F)F)nc2n1. The van der Waals surface area contributed by atoms with Gasteiger partial charge in [0.15, 0.2) is 11.2 Å². The first kappa shape index (κ1) is 11.8. The predicted molar refractivity (Wildman–Crippen MR) is 54.3 cm³/mol. The van der Waals surface area contributed by atoms with Crippen molar-refractivity contribution in [2.24, 2.45) is 0 Å². The minimum absolute atomic E-state index is 0.0745. The fraction of sp³-hybridized carbons (Fsp3) is 0.400. The van der Waals surface area contributed by atoms with Crippen LogP contribution in [0.3, 0.4) is 0 Å². The van der Waals surface area contributed by atoms with E-state index >= 15 is 0 Å². The van der Waals surface area contributed by atoms with Gasteiger partial charge in [-0.1, -0.05) is 0 Å². The number of aryl methyl sites for hydroxylation is 1. The summed E-state index contributed by atoms with van der Waals surface area (Å²) in [6, 6.07) is 3.44. The Morgan fingerprint density at radius 3 is 2.76 bits per heavy atom. The van der Waals surface area contributed by atoms with E-state index < -0.39 is 12.7 Å². The van der Waals surface area contributed by atoms with E-state index in [1.54, 1.807) is 19.1 Å². The number of hydrogen-bond donors (Lipinski definition) is 1. The van der Waals surface area contributed by atoms with Crippen molar-refractivity contribution >= 4 is 11.2 Å². The summed E-state index contributed by atoms with van der Waals surface area (Å²) >= 11 is 0. The van der Waals surface area contributed by atoms with Crippen LogP contribution in [0.5, 0.6) is 0 Å². The number of halogens is 3. The van der Waals surface area contributed by atoms with Gasteiger partial charge in [0.05, 0.1) is 13.1 Å². The summed E-state index contributed by atoms with van der Waals surface area (Å²) in [4.78, 5) is 8.08. The molecule has 4 nitrogen and oxygen atoms in total. The first-order chi connectivity index (χ1) is 7.94. The predicted octanol–water partition coefficient (Wildman–Crippen LogP) is 2.18. The molecule has 0 amide bonds. The molecule has 0 saturated heterocycles. The number of nitrogens with one attached hydrogen (secondary N) is 1. The largest absolute Gasteiger partial charge is 0.438 e. The van der Waals surface area contributed by atoms with Crippen molar-refractivity contribution in [2.75, 3.05) is 6.54 Å². The third-order valence-corrected chi connectivity index (χ3v) is 2.04. The Hall–Kier alpha value is -1.63. The summed E-state index contributed by atoms with van der Waals surface area (Å²) in [5.74, 6) is 0.197. The molecule has 0 bridgehead atoms. The van der Waals surface area contributed by atoms with Gasteiger partial charge in [0.2, 0.25) is 5.89 Å². The van der Waals surface area contributed by atoms with Gasteiger partial charge < -0.3 is 9.73 Å². The van der Waals surface area contributed by atoms with E-state index in [-0.39, 0.29) is 12.4 Å². The quantitative estimate of drug-likeness (QED) is 0.900. The van der Waals surface area contributed by atoms with E-state index in [0.717, 1.165) is 5.69 Å². The summed E-state index contributed by atoms with van der Waals surface area (Å²) in [7, 11) is 0. The standard InChI is InChI=1S/C10H10F3N3O/c1-6-2-3-7-9(15-6)16-8(17-7)4-14-5-10(11,12)13/h2-3,14H,4-5H2,1H3. The molecular formula is C10H10F3N3O. The molecule has 0 aliphatic rings. The molecule has 2 rings (SSSR count). The molecule has 2 heterocycles. The maximum atomic E-state index is 11.9. The smallest absolute Gasteiger partial charge is 0.401 e. The molecular weight excluding hydrogens is 235 g/mol. The highest BCUT2D eigenvalue weighted by Gasteiger charge is 2.26. The van der Waals surface area contributed by atoms with E-state index in [9.17, 15) is 13.2 Å². The summed E-state index contributed by atoms with van der Waals surface area (Å²) < 4.78 is 40.9. The highest BCUT2D eigenvalue weighted by molar-refractivity contribution is 5.67. The molecule has 7 heteroatoms. The maximum absolute atomic E-state index is 11.9. The van der Waals surface area contributed by atoms with E-state index in [0.29, 0.717) is 11.2 Å². The van der Waals surface area contributed by atoms with Crippen molar-refractivity contribution in [1.82, 2.24) is 15.3 Å². The van der Waals surface area contributed by atoms with Crippen molar-refractivity contribution < 1.29 is 17.6 Å². The van der Waals surface area contributed by atoms with E-state index in [4.69, 9.17) is 4.42 Å². The second-order valence-corrected chi connectivity index (χ2v) is 3.60. The van der Waals surface area contributed by atoms with Gasteiger partial charge in [-0.2, -0.15) is 18.2 Å². The number of fused-ring (bicyclic) bond motifs is 1. The lowest BCUT2D eigenvalue weighted by atomic mass is 10.4. The molecule has 0 aliphatic heterocycles. The zero-order valence-corrected chi connectivity index (χ0v) is 9.01. The number of oxazole rings is 1. The van der Waals surface area contributed by atoms with Crippen molar-refractivity contribution in [3.63, 3.8) is 0 Å². The van der Waals surface area contributed by atoms with E-state index in [1.807, 2.05) is 0 Å². The Kier molecular flexibility index (Phi) is 3.01. The Morgan fingerprint density at radius 1 is 1.29 bits per heavy atom. The summed E-state index contributed by atoms with van der Waals surface area (Å²) in [5.41, 5.74) is 1.66. The van der Waals surface area contributed by atoms with E-state index in [2.05, 4.69) is 15.3 Å². The monoisotopic (exact) mass is 245 g/mol. The Labute approximate surface area is 94.9 Å². The molecule has 0 atom stereocenters. The fourth-order valence-electron chi connectivity index (χ4n) is 1.34. The van der Waals surface area contributed by atoms with Crippen LogP contribution in [0.15, 0.2) is 16.5 Å². The lowest BCUT2D eigenvalue weighted by Crippen LogP contribution is -2.28. The van der Waals surface area contributed by atoms with Crippen LogP contribution in [0, 0.1) is 6.92 Å². The molecule has 0 fully saturated rings. The minimum atomic E-state index is -4.24. The fourth-order valence-corrected chi connectivity index (χ4v) is 1.34. The van der Waals surface area contributed by atoms with Crippen molar-refractivity contribution in [3.8, 4) is 0 Å². The Morgan fingerprint density at radius 2 is 2.06 bits per heavy atom. The molecule has 2 aromatic rings. The van der Waals surface area contributed by atoms with Crippen LogP contribution >= 0.6 is 0 Å². The van der Waals surface area contributed by atoms with Gasteiger partial charge in [-0.3, -0.25) is 0 Å². The van der Waals surface area contributed by atoms with Gasteiger partial charge in [0, 0.05) is 5.69 Å². The summed E-state index contributed by atoms with van der Waals surface area (Å²) in [6.07, 6.45) is -4.24. The van der Waals surface area contributed by atoms with Gasteiger partial charge in [-0.15, -0.1) is 0 Å². The second-order valence-electron chi connectivity index (χ2n) is 3.60. The topological polar surface area (TPSA) is 51.0 Å². The first-order valence-corrected chi connectivity index (χ1v) is 4.94. The second kappa shape index (κ2) is 4.33. The Bertz CT molecular complexity index is 521. The summed E-state index contributed by atoms with van der Waals surface area (Å²) in [6.45, 7) is 0.656. The first-order valence-electron chi connectivity index (χ1n) is 4.94. The highest BCUT2D eigenvalue weighted by Crippen LogP contribution is 2.15. The van der Waals surface area contributed by atoms with Gasteiger partial charge >= 0.3 is 6.18 Å². The molecule has 17 heavy (non-hydrogen) atoms. The number of pyridine rings is 1. The number of alkyl halides is 3. The third kappa shape index (κ3) is 3.16. The molecule has 0 spiro atoms. The number of hydrogen-bond acceptors (Lipinski definition) is 4. The van der Waals surface area contributed by atoms with Gasteiger partial charge in [-0.05, 0) is 19.1 Å². The van der Waals surface area contributed by atoms with Crippen LogP contribution in [-0.4, -0.2) is 22.7 Å². The number of aromatic nitrogens is 2. The van der Waals surface area contributed by atoms with E-state index in [1.165, 1.54) is 0 Å². The number of rotatable bonds is 3. The molecule has 0 aliphatic carbocycles. The molecule has 1 N–H and O–H groups in total. The van der Waals surface area contributed by atoms with Crippen molar-refractivity contribution in [3.05, 3.63) is 23.7 Å². The van der Waals surface area contributed by atoms with Gasteiger partial charge in [0.1, 0.15) is 0 Å². The normalized spacial score (nSPS) is 12.2. The van der Waals surface area contributed by atoms with Crippen LogP contribution in [0.4, 0.5) is 13.2 Å². The molecule has 0 saturated carbocycles. The van der Waals surface area contributed by atoms with Crippen LogP contribution in [0.1, 0.15) is 11.6 Å². The highest BCUT2D eigenvalue weighted by atomic mass is 19.4. The molecule has 0 aromatic carbocycles.